The van der Waals surface area contributed by atoms with Crippen molar-refractivity contribution in [2.24, 2.45) is 5.92 Å². The van der Waals surface area contributed by atoms with E-state index >= 15 is 0 Å². The van der Waals surface area contributed by atoms with E-state index < -0.39 is 5.82 Å². The number of halogens is 1. The van der Waals surface area contributed by atoms with Gasteiger partial charge < -0.3 is 5.32 Å². The van der Waals surface area contributed by atoms with Gasteiger partial charge in [0.25, 0.3) is 5.91 Å². The van der Waals surface area contributed by atoms with Gasteiger partial charge in [0.1, 0.15) is 5.82 Å². The van der Waals surface area contributed by atoms with Crippen LogP contribution in [0.4, 0.5) is 4.39 Å². The van der Waals surface area contributed by atoms with Gasteiger partial charge in [-0.2, -0.15) is 0 Å². The number of nitrogens with one attached hydrogen (secondary N) is 1. The van der Waals surface area contributed by atoms with Gasteiger partial charge in [-0.15, -0.1) is 0 Å². The summed E-state index contributed by atoms with van der Waals surface area (Å²) in [6.07, 6.45) is 5.75. The molecule has 1 aromatic carbocycles. The molecule has 0 heterocycles. The Bertz CT molecular complexity index is 458. The van der Waals surface area contributed by atoms with Gasteiger partial charge in [-0.05, 0) is 37.8 Å². The minimum absolute atomic E-state index is 0.163. The Morgan fingerprint density at radius 2 is 2.00 bits per heavy atom. The summed E-state index contributed by atoms with van der Waals surface area (Å²) < 4.78 is 13.7. The van der Waals surface area contributed by atoms with Gasteiger partial charge in [-0.1, -0.05) is 37.8 Å². The molecular weight excluding hydrogens is 241 g/mol. The van der Waals surface area contributed by atoms with Gasteiger partial charge in [-0.3, -0.25) is 4.79 Å². The Labute approximate surface area is 114 Å². The Morgan fingerprint density at radius 3 is 2.79 bits per heavy atom. The molecule has 104 valence electrons. The van der Waals surface area contributed by atoms with Crippen molar-refractivity contribution in [2.75, 3.05) is 0 Å². The van der Waals surface area contributed by atoms with Crippen LogP contribution in [0.2, 0.25) is 0 Å². The first kappa shape index (κ1) is 14.0. The van der Waals surface area contributed by atoms with E-state index in [0.29, 0.717) is 5.92 Å². The lowest BCUT2D eigenvalue weighted by Crippen LogP contribution is -2.39. The molecule has 1 aromatic rings. The molecule has 0 spiro atoms. The topological polar surface area (TPSA) is 29.1 Å². The van der Waals surface area contributed by atoms with Gasteiger partial charge in [0.15, 0.2) is 0 Å². The fourth-order valence-corrected chi connectivity index (χ4v) is 2.77. The number of aryl methyl sites for hydroxylation is 1. The lowest BCUT2D eigenvalue weighted by Gasteiger charge is -2.23. The molecule has 2 nitrogen and oxygen atoms in total. The Hall–Kier alpha value is -1.38. The number of carbonyl (C=O) groups excluding carboxylic acids is 1. The molecule has 2 rings (SSSR count). The molecule has 1 saturated carbocycles. The van der Waals surface area contributed by atoms with Crippen molar-refractivity contribution < 1.29 is 9.18 Å². The zero-order valence-electron chi connectivity index (χ0n) is 11.7. The fourth-order valence-electron chi connectivity index (χ4n) is 2.77. The van der Waals surface area contributed by atoms with E-state index in [1.807, 2.05) is 6.92 Å². The molecule has 1 aliphatic rings. The van der Waals surface area contributed by atoms with Crippen molar-refractivity contribution in [2.45, 2.75) is 52.0 Å². The molecule has 0 aliphatic heterocycles. The van der Waals surface area contributed by atoms with Gasteiger partial charge in [-0.25, -0.2) is 4.39 Å². The zero-order valence-corrected chi connectivity index (χ0v) is 11.7. The van der Waals surface area contributed by atoms with Crippen LogP contribution in [0.15, 0.2) is 18.2 Å². The molecule has 0 bridgehead atoms. The number of carbonyl (C=O) groups is 1. The average Bonchev–Trinajstić information content (AvgIpc) is 2.58. The molecule has 1 amide bonds. The summed E-state index contributed by atoms with van der Waals surface area (Å²) in [5, 5.41) is 3.01. The van der Waals surface area contributed by atoms with Crippen LogP contribution in [0, 0.1) is 18.7 Å². The van der Waals surface area contributed by atoms with E-state index in [0.717, 1.165) is 24.8 Å². The Kier molecular flexibility index (Phi) is 4.56. The number of hydrogen-bond donors (Lipinski definition) is 1. The van der Waals surface area contributed by atoms with Gasteiger partial charge in [0.05, 0.1) is 5.56 Å². The van der Waals surface area contributed by atoms with E-state index in [-0.39, 0.29) is 17.5 Å². The predicted octanol–water partition coefficient (Wildman–Crippen LogP) is 3.83. The van der Waals surface area contributed by atoms with Crippen LogP contribution < -0.4 is 5.32 Å². The van der Waals surface area contributed by atoms with Crippen molar-refractivity contribution >= 4 is 5.91 Å². The van der Waals surface area contributed by atoms with Crippen molar-refractivity contribution in [1.29, 1.82) is 0 Å². The second-order valence-electron chi connectivity index (χ2n) is 5.68. The highest BCUT2D eigenvalue weighted by Crippen LogP contribution is 2.23. The summed E-state index contributed by atoms with van der Waals surface area (Å²) >= 11 is 0. The predicted molar refractivity (Wildman–Crippen MR) is 74.6 cm³/mol. The molecule has 1 aliphatic carbocycles. The maximum absolute atomic E-state index is 13.7. The maximum atomic E-state index is 13.7. The fraction of sp³-hybridized carbons (Fsp3) is 0.562. The largest absolute Gasteiger partial charge is 0.349 e. The molecular formula is C16H22FNO. The number of hydrogen-bond acceptors (Lipinski definition) is 1. The van der Waals surface area contributed by atoms with Gasteiger partial charge in [0, 0.05) is 6.04 Å². The van der Waals surface area contributed by atoms with Crippen molar-refractivity contribution in [3.63, 3.8) is 0 Å². The van der Waals surface area contributed by atoms with E-state index in [2.05, 4.69) is 12.2 Å². The minimum atomic E-state index is -0.440. The van der Waals surface area contributed by atoms with Crippen molar-refractivity contribution in [3.05, 3.63) is 35.1 Å². The van der Waals surface area contributed by atoms with Crippen LogP contribution in [0.5, 0.6) is 0 Å². The maximum Gasteiger partial charge on any atom is 0.254 e. The minimum Gasteiger partial charge on any atom is -0.349 e. The van der Waals surface area contributed by atoms with E-state index in [1.165, 1.54) is 18.9 Å². The Balaban J connectivity index is 2.09. The van der Waals surface area contributed by atoms with Crippen molar-refractivity contribution in [3.8, 4) is 0 Å². The van der Waals surface area contributed by atoms with E-state index in [9.17, 15) is 9.18 Å². The first-order chi connectivity index (χ1) is 9.08. The summed E-state index contributed by atoms with van der Waals surface area (Å²) in [4.78, 5) is 12.2. The molecule has 0 radical (unpaired) electrons. The van der Waals surface area contributed by atoms with Crippen LogP contribution in [0.1, 0.15) is 54.9 Å². The summed E-state index contributed by atoms with van der Waals surface area (Å²) in [6, 6.07) is 4.84. The number of benzene rings is 1. The standard InChI is InChI=1S/C16H22FNO/c1-11-8-9-14(17)13(10-11)16(19)18-15-7-5-3-4-6-12(15)2/h8-10,12,15H,3-7H2,1-2H3,(H,18,19). The summed E-state index contributed by atoms with van der Waals surface area (Å²) in [5.41, 5.74) is 1.07. The number of rotatable bonds is 2. The zero-order chi connectivity index (χ0) is 13.8. The third-order valence-electron chi connectivity index (χ3n) is 4.04. The third kappa shape index (κ3) is 3.55. The van der Waals surface area contributed by atoms with Crippen LogP contribution in [-0.4, -0.2) is 11.9 Å². The normalized spacial score (nSPS) is 23.7. The molecule has 2 unspecified atom stereocenters. The molecule has 19 heavy (non-hydrogen) atoms. The summed E-state index contributed by atoms with van der Waals surface area (Å²) in [5.74, 6) is -0.247. The molecule has 1 N–H and O–H groups in total. The monoisotopic (exact) mass is 263 g/mol. The number of amides is 1. The molecule has 0 aromatic heterocycles. The van der Waals surface area contributed by atoms with Gasteiger partial charge in [0.2, 0.25) is 0 Å². The molecule has 1 fully saturated rings. The van der Waals surface area contributed by atoms with Crippen LogP contribution in [0.3, 0.4) is 0 Å². The first-order valence-corrected chi connectivity index (χ1v) is 7.15. The van der Waals surface area contributed by atoms with Crippen molar-refractivity contribution in [1.82, 2.24) is 5.32 Å². The smallest absolute Gasteiger partial charge is 0.254 e. The lowest BCUT2D eigenvalue weighted by molar-refractivity contribution is 0.0917. The summed E-state index contributed by atoms with van der Waals surface area (Å²) in [7, 11) is 0. The van der Waals surface area contributed by atoms with E-state index in [4.69, 9.17) is 0 Å². The highest BCUT2D eigenvalue weighted by atomic mass is 19.1. The Morgan fingerprint density at radius 1 is 1.26 bits per heavy atom. The van der Waals surface area contributed by atoms with Gasteiger partial charge >= 0.3 is 0 Å². The molecule has 0 saturated heterocycles. The van der Waals surface area contributed by atoms with Crippen LogP contribution >= 0.6 is 0 Å². The second kappa shape index (κ2) is 6.18. The quantitative estimate of drug-likeness (QED) is 0.807. The first-order valence-electron chi connectivity index (χ1n) is 7.15. The second-order valence-corrected chi connectivity index (χ2v) is 5.68. The highest BCUT2D eigenvalue weighted by molar-refractivity contribution is 5.94. The SMILES string of the molecule is Cc1ccc(F)c(C(=O)NC2CCCCCC2C)c1. The third-order valence-corrected chi connectivity index (χ3v) is 4.04. The lowest BCUT2D eigenvalue weighted by atomic mass is 9.96. The molecule has 2 atom stereocenters. The average molecular weight is 263 g/mol. The van der Waals surface area contributed by atoms with E-state index in [1.54, 1.807) is 12.1 Å². The highest BCUT2D eigenvalue weighted by Gasteiger charge is 2.23. The summed E-state index contributed by atoms with van der Waals surface area (Å²) in [6.45, 7) is 4.04. The van der Waals surface area contributed by atoms with Crippen LogP contribution in [-0.2, 0) is 0 Å². The van der Waals surface area contributed by atoms with Crippen LogP contribution in [0.25, 0.3) is 0 Å². The molecule has 3 heteroatoms.